The minimum atomic E-state index is 0.160. The molecule has 1 aliphatic rings. The number of piperazine rings is 1. The second-order valence-electron chi connectivity index (χ2n) is 7.27. The Balaban J connectivity index is 1.31. The van der Waals surface area contributed by atoms with Crippen molar-refractivity contribution < 1.29 is 9.53 Å². The number of ether oxygens (including phenoxy) is 1. The van der Waals surface area contributed by atoms with E-state index in [0.29, 0.717) is 5.75 Å². The van der Waals surface area contributed by atoms with Crippen molar-refractivity contribution in [2.75, 3.05) is 43.9 Å². The maximum absolute atomic E-state index is 12.8. The molecule has 6 nitrogen and oxygen atoms in total. The van der Waals surface area contributed by atoms with Crippen LogP contribution in [0.3, 0.4) is 0 Å². The molecule has 156 valence electrons. The second kappa shape index (κ2) is 9.26. The highest BCUT2D eigenvalue weighted by Crippen LogP contribution is 2.23. The van der Waals surface area contributed by atoms with Gasteiger partial charge in [0.05, 0.1) is 12.9 Å². The molecule has 0 N–H and O–H groups in total. The molecule has 4 rings (SSSR count). The van der Waals surface area contributed by atoms with Crippen molar-refractivity contribution >= 4 is 23.4 Å². The summed E-state index contributed by atoms with van der Waals surface area (Å²) in [5.41, 5.74) is 3.43. The Morgan fingerprint density at radius 1 is 1.07 bits per heavy atom. The molecule has 3 aromatic rings. The maximum atomic E-state index is 12.8. The van der Waals surface area contributed by atoms with Gasteiger partial charge in [-0.15, -0.1) is 0 Å². The Morgan fingerprint density at radius 2 is 1.83 bits per heavy atom. The summed E-state index contributed by atoms with van der Waals surface area (Å²) < 4.78 is 7.26. The number of hydrogen-bond donors (Lipinski definition) is 0. The molecule has 1 aliphatic heterocycles. The van der Waals surface area contributed by atoms with E-state index in [2.05, 4.69) is 47.1 Å². The van der Waals surface area contributed by atoms with Crippen LogP contribution in [-0.4, -0.2) is 59.4 Å². The summed E-state index contributed by atoms with van der Waals surface area (Å²) in [6.45, 7) is 5.21. The number of thioether (sulfide) groups is 1. The van der Waals surface area contributed by atoms with E-state index in [9.17, 15) is 4.79 Å². The lowest BCUT2D eigenvalue weighted by molar-refractivity contribution is -0.128. The van der Waals surface area contributed by atoms with Gasteiger partial charge in [-0.25, -0.2) is 4.98 Å². The summed E-state index contributed by atoms with van der Waals surface area (Å²) >= 11 is 1.49. The van der Waals surface area contributed by atoms with Crippen LogP contribution in [0.1, 0.15) is 5.56 Å². The second-order valence-corrected chi connectivity index (χ2v) is 8.22. The predicted octanol–water partition coefficient (Wildman–Crippen LogP) is 3.63. The predicted molar refractivity (Wildman–Crippen MR) is 121 cm³/mol. The first-order valence-electron chi connectivity index (χ1n) is 10.0. The Morgan fingerprint density at radius 3 is 2.53 bits per heavy atom. The number of nitrogens with zero attached hydrogens (tertiary/aromatic N) is 4. The zero-order valence-electron chi connectivity index (χ0n) is 17.3. The first kappa shape index (κ1) is 20.3. The molecule has 0 radical (unpaired) electrons. The molecular formula is C23H26N4O2S. The lowest BCUT2D eigenvalue weighted by atomic mass is 10.2. The fraction of sp³-hybridized carbons (Fsp3) is 0.304. The van der Waals surface area contributed by atoms with Crippen molar-refractivity contribution in [2.45, 2.75) is 12.1 Å². The molecule has 7 heteroatoms. The van der Waals surface area contributed by atoms with E-state index in [0.717, 1.165) is 48.5 Å². The molecule has 30 heavy (non-hydrogen) atoms. The quantitative estimate of drug-likeness (QED) is 0.568. The largest absolute Gasteiger partial charge is 0.497 e. The third-order valence-corrected chi connectivity index (χ3v) is 6.23. The van der Waals surface area contributed by atoms with E-state index in [-0.39, 0.29) is 5.91 Å². The average molecular weight is 423 g/mol. The molecule has 2 heterocycles. The zero-order valence-corrected chi connectivity index (χ0v) is 18.1. The van der Waals surface area contributed by atoms with Gasteiger partial charge in [-0.3, -0.25) is 9.36 Å². The number of carbonyl (C=O) groups is 1. The number of imidazole rings is 1. The van der Waals surface area contributed by atoms with Gasteiger partial charge in [0.2, 0.25) is 5.91 Å². The highest BCUT2D eigenvalue weighted by Gasteiger charge is 2.22. The molecular weight excluding hydrogens is 396 g/mol. The van der Waals surface area contributed by atoms with Gasteiger partial charge in [-0.1, -0.05) is 23.9 Å². The smallest absolute Gasteiger partial charge is 0.233 e. The summed E-state index contributed by atoms with van der Waals surface area (Å²) in [4.78, 5) is 21.5. The van der Waals surface area contributed by atoms with Gasteiger partial charge in [0, 0.05) is 49.9 Å². The van der Waals surface area contributed by atoms with Crippen LogP contribution in [0.2, 0.25) is 0 Å². The molecule has 2 aromatic carbocycles. The topological polar surface area (TPSA) is 50.6 Å². The van der Waals surface area contributed by atoms with E-state index >= 15 is 0 Å². The van der Waals surface area contributed by atoms with E-state index < -0.39 is 0 Å². The molecule has 1 amide bonds. The zero-order chi connectivity index (χ0) is 20.9. The first-order chi connectivity index (χ1) is 14.6. The van der Waals surface area contributed by atoms with Gasteiger partial charge >= 0.3 is 0 Å². The monoisotopic (exact) mass is 422 g/mol. The number of aromatic nitrogens is 2. The highest BCUT2D eigenvalue weighted by molar-refractivity contribution is 7.99. The molecule has 1 aromatic heterocycles. The van der Waals surface area contributed by atoms with Gasteiger partial charge in [0.15, 0.2) is 5.16 Å². The lowest BCUT2D eigenvalue weighted by Gasteiger charge is -2.36. The third kappa shape index (κ3) is 4.62. The van der Waals surface area contributed by atoms with Crippen molar-refractivity contribution in [1.82, 2.24) is 14.5 Å². The van der Waals surface area contributed by atoms with Crippen LogP contribution in [0.15, 0.2) is 66.1 Å². The third-order valence-electron chi connectivity index (χ3n) is 5.28. The maximum Gasteiger partial charge on any atom is 0.233 e. The molecule has 1 fully saturated rings. The van der Waals surface area contributed by atoms with Crippen LogP contribution in [-0.2, 0) is 4.79 Å². The van der Waals surface area contributed by atoms with E-state index in [1.165, 1.54) is 17.3 Å². The number of carbonyl (C=O) groups excluding carboxylic acids is 1. The average Bonchev–Trinajstić information content (AvgIpc) is 3.26. The van der Waals surface area contributed by atoms with Gasteiger partial charge < -0.3 is 14.5 Å². The van der Waals surface area contributed by atoms with E-state index in [4.69, 9.17) is 4.74 Å². The van der Waals surface area contributed by atoms with E-state index in [1.54, 1.807) is 13.3 Å². The molecule has 0 spiro atoms. The van der Waals surface area contributed by atoms with Crippen LogP contribution in [0.25, 0.3) is 5.69 Å². The normalized spacial score (nSPS) is 14.1. The Hall–Kier alpha value is -2.93. The lowest BCUT2D eigenvalue weighted by Crippen LogP contribution is -2.49. The van der Waals surface area contributed by atoms with Crippen LogP contribution >= 0.6 is 11.8 Å². The SMILES string of the molecule is COc1ccc(N2CCN(C(=O)CSc3nccn3-c3cccc(C)c3)CC2)cc1. The van der Waals surface area contributed by atoms with Crippen molar-refractivity contribution in [1.29, 1.82) is 0 Å². The van der Waals surface area contributed by atoms with Crippen molar-refractivity contribution in [3.8, 4) is 11.4 Å². The standard InChI is InChI=1S/C23H26N4O2S/c1-18-4-3-5-20(16-18)27-11-10-24-23(27)30-17-22(28)26-14-12-25(13-15-26)19-6-8-21(29-2)9-7-19/h3-11,16H,12-15,17H2,1-2H3. The molecule has 0 unspecified atom stereocenters. The number of methoxy groups -OCH3 is 1. The van der Waals surface area contributed by atoms with Gasteiger partial charge in [-0.2, -0.15) is 0 Å². The number of amides is 1. The van der Waals surface area contributed by atoms with Crippen molar-refractivity contribution in [3.05, 3.63) is 66.5 Å². The van der Waals surface area contributed by atoms with Gasteiger partial charge in [-0.05, 0) is 48.9 Å². The molecule has 0 atom stereocenters. The highest BCUT2D eigenvalue weighted by atomic mass is 32.2. The minimum absolute atomic E-state index is 0.160. The summed E-state index contributed by atoms with van der Waals surface area (Å²) in [5.74, 6) is 1.41. The first-order valence-corrected chi connectivity index (χ1v) is 11.0. The summed E-state index contributed by atoms with van der Waals surface area (Å²) in [6.07, 6.45) is 3.72. The van der Waals surface area contributed by atoms with Crippen LogP contribution in [0.5, 0.6) is 5.75 Å². The molecule has 1 saturated heterocycles. The number of benzene rings is 2. The van der Waals surface area contributed by atoms with Crippen LogP contribution < -0.4 is 9.64 Å². The summed E-state index contributed by atoms with van der Waals surface area (Å²) in [6, 6.07) is 16.4. The molecule has 0 aliphatic carbocycles. The summed E-state index contributed by atoms with van der Waals surface area (Å²) in [7, 11) is 1.67. The van der Waals surface area contributed by atoms with E-state index in [1.807, 2.05) is 33.9 Å². The van der Waals surface area contributed by atoms with Crippen LogP contribution in [0, 0.1) is 6.92 Å². The van der Waals surface area contributed by atoms with Gasteiger partial charge in [0.25, 0.3) is 0 Å². The number of hydrogen-bond acceptors (Lipinski definition) is 5. The molecule has 0 bridgehead atoms. The number of anilines is 1. The Labute approximate surface area is 181 Å². The molecule has 0 saturated carbocycles. The van der Waals surface area contributed by atoms with Gasteiger partial charge in [0.1, 0.15) is 5.75 Å². The minimum Gasteiger partial charge on any atom is -0.497 e. The number of aryl methyl sites for hydroxylation is 1. The Bertz CT molecular complexity index is 994. The van der Waals surface area contributed by atoms with Crippen molar-refractivity contribution in [3.63, 3.8) is 0 Å². The van der Waals surface area contributed by atoms with Crippen molar-refractivity contribution in [2.24, 2.45) is 0 Å². The fourth-order valence-corrected chi connectivity index (χ4v) is 4.47. The fourth-order valence-electron chi connectivity index (χ4n) is 3.60. The number of rotatable bonds is 6. The Kier molecular flexibility index (Phi) is 6.28. The summed E-state index contributed by atoms with van der Waals surface area (Å²) in [5, 5.41) is 0.839. The van der Waals surface area contributed by atoms with Crippen LogP contribution in [0.4, 0.5) is 5.69 Å².